The molecule has 17 heavy (non-hydrogen) atoms. The molecule has 2 unspecified atom stereocenters. The Kier molecular flexibility index (Phi) is 2.71. The van der Waals surface area contributed by atoms with Crippen LogP contribution in [0, 0.1) is 13.8 Å². The zero-order valence-electron chi connectivity index (χ0n) is 9.81. The highest BCUT2D eigenvalue weighted by atomic mass is 19.1. The number of benzene rings is 1. The summed E-state index contributed by atoms with van der Waals surface area (Å²) in [5.41, 5.74) is 11.5. The molecule has 2 rings (SSSR count). The topological polar surface area (TPSA) is 76.8 Å². The van der Waals surface area contributed by atoms with Gasteiger partial charge in [-0.1, -0.05) is 23.8 Å². The molecule has 1 aromatic rings. The largest absolute Gasteiger partial charge is 0.384 e. The maximum absolute atomic E-state index is 14.8. The van der Waals surface area contributed by atoms with E-state index in [9.17, 15) is 4.39 Å². The van der Waals surface area contributed by atoms with Crippen molar-refractivity contribution in [1.82, 2.24) is 0 Å². The number of hydrogen-bond donors (Lipinski definition) is 2. The first-order valence-electron chi connectivity index (χ1n) is 5.34. The van der Waals surface area contributed by atoms with E-state index in [1.807, 2.05) is 26.0 Å². The second-order valence-electron chi connectivity index (χ2n) is 4.24. The van der Waals surface area contributed by atoms with Crippen molar-refractivity contribution in [3.8, 4) is 0 Å². The van der Waals surface area contributed by atoms with Gasteiger partial charge in [0.25, 0.3) is 0 Å². The summed E-state index contributed by atoms with van der Waals surface area (Å²) in [4.78, 5) is 7.56. The van der Waals surface area contributed by atoms with E-state index in [0.717, 1.165) is 17.3 Å². The smallest absolute Gasteiger partial charge is 0.227 e. The van der Waals surface area contributed by atoms with Crippen molar-refractivity contribution in [2.45, 2.75) is 25.8 Å². The first-order chi connectivity index (χ1) is 7.93. The number of rotatable bonds is 1. The minimum atomic E-state index is -1.95. The summed E-state index contributed by atoms with van der Waals surface area (Å²) in [7, 11) is 0. The van der Waals surface area contributed by atoms with Crippen molar-refractivity contribution in [2.24, 2.45) is 21.5 Å². The van der Waals surface area contributed by atoms with Crippen molar-refractivity contribution in [3.05, 3.63) is 34.9 Å². The molecule has 0 bridgehead atoms. The zero-order chi connectivity index (χ0) is 12.6. The highest BCUT2D eigenvalue weighted by molar-refractivity contribution is 6.06. The van der Waals surface area contributed by atoms with Crippen LogP contribution < -0.4 is 11.5 Å². The fourth-order valence-electron chi connectivity index (χ4n) is 1.94. The second kappa shape index (κ2) is 3.92. The highest BCUT2D eigenvalue weighted by Crippen LogP contribution is 2.30. The van der Waals surface area contributed by atoms with Crippen molar-refractivity contribution < 1.29 is 4.39 Å². The van der Waals surface area contributed by atoms with Crippen LogP contribution in [0.2, 0.25) is 0 Å². The van der Waals surface area contributed by atoms with Gasteiger partial charge in [-0.05, 0) is 19.4 Å². The molecule has 0 radical (unpaired) electrons. The minimum Gasteiger partial charge on any atom is -0.384 e. The van der Waals surface area contributed by atoms with Gasteiger partial charge >= 0.3 is 0 Å². The second-order valence-corrected chi connectivity index (χ2v) is 4.24. The number of nitrogens with zero attached hydrogens (tertiary/aromatic N) is 2. The lowest BCUT2D eigenvalue weighted by Gasteiger charge is -2.26. The van der Waals surface area contributed by atoms with Crippen LogP contribution in [0.15, 0.2) is 28.2 Å². The molecule has 90 valence electrons. The van der Waals surface area contributed by atoms with Crippen molar-refractivity contribution in [2.75, 3.05) is 0 Å². The number of amidine groups is 1. The molecule has 4 N–H and O–H groups in total. The van der Waals surface area contributed by atoms with Gasteiger partial charge in [-0.25, -0.2) is 9.38 Å². The van der Waals surface area contributed by atoms with E-state index in [1.165, 1.54) is 0 Å². The fraction of sp³-hybridized carbons (Fsp3) is 0.333. The normalized spacial score (nSPS) is 28.0. The lowest BCUT2D eigenvalue weighted by atomic mass is 9.90. The number of aryl methyl sites for hydroxylation is 2. The lowest BCUT2D eigenvalue weighted by molar-refractivity contribution is 0.355. The van der Waals surface area contributed by atoms with Crippen LogP contribution >= 0.6 is 0 Å². The maximum Gasteiger partial charge on any atom is 0.227 e. The van der Waals surface area contributed by atoms with Gasteiger partial charge in [-0.2, -0.15) is 0 Å². The molecule has 0 saturated heterocycles. The standard InChI is InChI=1S/C12H15FN4/c1-7-3-4-9(8(2)5-7)12(13)6-16-11(15)17-10(12)14/h3-6,11H,15H2,1-2H3,(H2,14,17). The van der Waals surface area contributed by atoms with Crippen LogP contribution in [-0.4, -0.2) is 18.3 Å². The average molecular weight is 234 g/mol. The average Bonchev–Trinajstić information content (AvgIpc) is 2.24. The summed E-state index contributed by atoms with van der Waals surface area (Å²) >= 11 is 0. The number of halogens is 1. The van der Waals surface area contributed by atoms with Gasteiger partial charge in [-0.15, -0.1) is 0 Å². The minimum absolute atomic E-state index is 0.146. The van der Waals surface area contributed by atoms with Crippen molar-refractivity contribution in [1.29, 1.82) is 0 Å². The molecule has 0 aromatic heterocycles. The molecule has 0 aliphatic carbocycles. The predicted octanol–water partition coefficient (Wildman–Crippen LogP) is 1.15. The van der Waals surface area contributed by atoms with Crippen molar-refractivity contribution >= 4 is 12.1 Å². The van der Waals surface area contributed by atoms with Gasteiger partial charge in [0.1, 0.15) is 5.84 Å². The van der Waals surface area contributed by atoms with E-state index in [1.54, 1.807) is 6.07 Å². The summed E-state index contributed by atoms with van der Waals surface area (Å²) in [6.45, 7) is 3.78. The van der Waals surface area contributed by atoms with Gasteiger partial charge in [0, 0.05) is 5.56 Å². The van der Waals surface area contributed by atoms with Crippen LogP contribution in [0.1, 0.15) is 16.7 Å². The zero-order valence-corrected chi connectivity index (χ0v) is 9.81. The Labute approximate surface area is 99.3 Å². The first kappa shape index (κ1) is 11.7. The van der Waals surface area contributed by atoms with Gasteiger partial charge in [0.05, 0.1) is 6.21 Å². The van der Waals surface area contributed by atoms with E-state index in [4.69, 9.17) is 11.5 Å². The van der Waals surface area contributed by atoms with E-state index in [2.05, 4.69) is 9.98 Å². The van der Waals surface area contributed by atoms with Crippen LogP contribution in [0.3, 0.4) is 0 Å². The van der Waals surface area contributed by atoms with Crippen LogP contribution in [0.5, 0.6) is 0 Å². The summed E-state index contributed by atoms with van der Waals surface area (Å²) in [5.74, 6) is -0.146. The molecule has 0 amide bonds. The molecule has 5 heteroatoms. The Hall–Kier alpha value is -1.75. The summed E-state index contributed by atoms with van der Waals surface area (Å²) in [5, 5.41) is 0. The monoisotopic (exact) mass is 234 g/mol. The first-order valence-corrected chi connectivity index (χ1v) is 5.34. The third-order valence-corrected chi connectivity index (χ3v) is 2.82. The number of nitrogens with two attached hydrogens (primary N) is 2. The molecule has 4 nitrogen and oxygen atoms in total. The molecule has 2 atom stereocenters. The number of aliphatic imine (C=N–C) groups is 2. The van der Waals surface area contributed by atoms with E-state index in [0.29, 0.717) is 5.56 Å². The van der Waals surface area contributed by atoms with E-state index in [-0.39, 0.29) is 5.84 Å². The molecule has 1 aromatic carbocycles. The molecule has 1 heterocycles. The van der Waals surface area contributed by atoms with Crippen LogP contribution in [0.25, 0.3) is 0 Å². The SMILES string of the molecule is Cc1ccc(C2(F)C=NC(N)N=C2N)c(C)c1. The van der Waals surface area contributed by atoms with Crippen molar-refractivity contribution in [3.63, 3.8) is 0 Å². The molecule has 0 fully saturated rings. The van der Waals surface area contributed by atoms with Gasteiger partial charge < -0.3 is 5.73 Å². The Bertz CT molecular complexity index is 509. The molecular weight excluding hydrogens is 219 g/mol. The fourth-order valence-corrected chi connectivity index (χ4v) is 1.94. The predicted molar refractivity (Wildman–Crippen MR) is 66.8 cm³/mol. The van der Waals surface area contributed by atoms with Gasteiger partial charge in [0.15, 0.2) is 6.29 Å². The van der Waals surface area contributed by atoms with E-state index < -0.39 is 12.0 Å². The van der Waals surface area contributed by atoms with Crippen LogP contribution in [-0.2, 0) is 5.67 Å². The number of alkyl halides is 1. The summed E-state index contributed by atoms with van der Waals surface area (Å²) in [6, 6.07) is 5.43. The quantitative estimate of drug-likeness (QED) is 0.764. The third kappa shape index (κ3) is 1.93. The summed E-state index contributed by atoms with van der Waals surface area (Å²) in [6.07, 6.45) is 0.335. The molecular formula is C12H15FN4. The molecule has 0 saturated carbocycles. The summed E-state index contributed by atoms with van der Waals surface area (Å²) < 4.78 is 14.8. The molecule has 1 aliphatic heterocycles. The van der Waals surface area contributed by atoms with Gasteiger partial charge in [-0.3, -0.25) is 10.7 Å². The van der Waals surface area contributed by atoms with Gasteiger partial charge in [0.2, 0.25) is 5.67 Å². The Morgan fingerprint density at radius 2 is 2.06 bits per heavy atom. The third-order valence-electron chi connectivity index (χ3n) is 2.82. The maximum atomic E-state index is 14.8. The van der Waals surface area contributed by atoms with E-state index >= 15 is 0 Å². The number of hydrogen-bond acceptors (Lipinski definition) is 4. The highest BCUT2D eigenvalue weighted by Gasteiger charge is 2.38. The molecule has 0 spiro atoms. The Morgan fingerprint density at radius 3 is 2.65 bits per heavy atom. The Balaban J connectivity index is 2.52. The lowest BCUT2D eigenvalue weighted by Crippen LogP contribution is -2.44. The molecule has 1 aliphatic rings. The Morgan fingerprint density at radius 1 is 1.35 bits per heavy atom. The van der Waals surface area contributed by atoms with Crippen LogP contribution in [0.4, 0.5) is 4.39 Å².